The third-order valence-corrected chi connectivity index (χ3v) is 7.30. The first-order valence-corrected chi connectivity index (χ1v) is 10.2. The monoisotopic (exact) mass is 349 g/mol. The van der Waals surface area contributed by atoms with Gasteiger partial charge in [0.25, 0.3) is 5.91 Å². The molecule has 0 saturated heterocycles. The van der Waals surface area contributed by atoms with Gasteiger partial charge in [0.1, 0.15) is 10.7 Å². The first-order valence-electron chi connectivity index (χ1n) is 9.28. The number of hydrogen-bond acceptors (Lipinski definition) is 4. The number of carbonyl (C=O) groups is 1. The lowest BCUT2D eigenvalue weighted by molar-refractivity contribution is -0.103. The molecule has 1 amide bonds. The fourth-order valence-corrected chi connectivity index (χ4v) is 5.51. The number of hydrogen-bond donors (Lipinski definition) is 2. The molecule has 4 atom stereocenters. The summed E-state index contributed by atoms with van der Waals surface area (Å²) in [7, 11) is 0. The van der Waals surface area contributed by atoms with Gasteiger partial charge in [-0.25, -0.2) is 4.98 Å². The molecule has 5 heteroatoms. The zero-order valence-electron chi connectivity index (χ0n) is 15.3. The zero-order chi connectivity index (χ0) is 17.5. The number of carbonyl (C=O) groups excluding carboxylic acids is 1. The van der Waals surface area contributed by atoms with Gasteiger partial charge in [-0.05, 0) is 54.8 Å². The molecular formula is C19H31N3OS. The van der Waals surface area contributed by atoms with Crippen LogP contribution in [0.3, 0.4) is 0 Å². The molecule has 24 heavy (non-hydrogen) atoms. The lowest BCUT2D eigenvalue weighted by Gasteiger charge is -2.60. The van der Waals surface area contributed by atoms with Crippen LogP contribution in [0.5, 0.6) is 0 Å². The van der Waals surface area contributed by atoms with Crippen LogP contribution in [0, 0.1) is 29.1 Å². The average molecular weight is 350 g/mol. The summed E-state index contributed by atoms with van der Waals surface area (Å²) in [5.41, 5.74) is 7.16. The molecule has 134 valence electrons. The van der Waals surface area contributed by atoms with Crippen LogP contribution in [0.1, 0.15) is 74.9 Å². The summed E-state index contributed by atoms with van der Waals surface area (Å²) >= 11 is 1.50. The minimum Gasteiger partial charge on any atom is -0.350 e. The maximum atomic E-state index is 12.4. The van der Waals surface area contributed by atoms with Crippen molar-refractivity contribution in [2.45, 2.75) is 59.4 Å². The Hall–Kier alpha value is -0.940. The van der Waals surface area contributed by atoms with Gasteiger partial charge in [0, 0.05) is 11.9 Å². The molecule has 1 aromatic rings. The number of fused-ring (bicyclic) bond motifs is 2. The van der Waals surface area contributed by atoms with E-state index in [0.717, 1.165) is 29.8 Å². The Labute approximate surface area is 149 Å². The number of nitrogens with two attached hydrogens (primary N) is 1. The molecule has 0 radical (unpaired) electrons. The Kier molecular flexibility index (Phi) is 5.03. The van der Waals surface area contributed by atoms with Crippen molar-refractivity contribution in [3.8, 4) is 0 Å². The Bertz CT molecular complexity index is 593. The SMILES string of the molecule is CC(C)CC(N)c1nc(C(=O)NCC2CCC3CC2C3(C)C)cs1. The molecule has 3 saturated carbocycles. The summed E-state index contributed by atoms with van der Waals surface area (Å²) in [6.45, 7) is 9.87. The van der Waals surface area contributed by atoms with Crippen molar-refractivity contribution in [1.82, 2.24) is 10.3 Å². The summed E-state index contributed by atoms with van der Waals surface area (Å²) in [6.07, 6.45) is 4.81. The average Bonchev–Trinajstić information content (AvgIpc) is 3.02. The Morgan fingerprint density at radius 1 is 1.46 bits per heavy atom. The minimum atomic E-state index is -0.0670. The third kappa shape index (κ3) is 3.38. The van der Waals surface area contributed by atoms with E-state index < -0.39 is 0 Å². The van der Waals surface area contributed by atoms with Crippen LogP contribution >= 0.6 is 11.3 Å². The number of aromatic nitrogens is 1. The van der Waals surface area contributed by atoms with Crippen molar-refractivity contribution in [3.63, 3.8) is 0 Å². The van der Waals surface area contributed by atoms with E-state index in [0.29, 0.717) is 22.9 Å². The minimum absolute atomic E-state index is 0.0477. The Morgan fingerprint density at radius 2 is 2.21 bits per heavy atom. The van der Waals surface area contributed by atoms with Gasteiger partial charge in [-0.2, -0.15) is 0 Å². The van der Waals surface area contributed by atoms with Crippen molar-refractivity contribution in [2.75, 3.05) is 6.54 Å². The van der Waals surface area contributed by atoms with E-state index >= 15 is 0 Å². The predicted molar refractivity (Wildman–Crippen MR) is 98.9 cm³/mol. The smallest absolute Gasteiger partial charge is 0.270 e. The molecule has 4 rings (SSSR count). The van der Waals surface area contributed by atoms with Crippen LogP contribution in [-0.4, -0.2) is 17.4 Å². The first-order chi connectivity index (χ1) is 11.3. The summed E-state index contributed by atoms with van der Waals surface area (Å²) in [5.74, 6) is 2.77. The van der Waals surface area contributed by atoms with Crippen molar-refractivity contribution >= 4 is 17.2 Å². The van der Waals surface area contributed by atoms with Gasteiger partial charge in [-0.1, -0.05) is 27.7 Å². The van der Waals surface area contributed by atoms with E-state index in [9.17, 15) is 4.79 Å². The van der Waals surface area contributed by atoms with Crippen LogP contribution < -0.4 is 11.1 Å². The molecule has 2 bridgehead atoms. The largest absolute Gasteiger partial charge is 0.350 e. The molecule has 3 N–H and O–H groups in total. The summed E-state index contributed by atoms with van der Waals surface area (Å²) in [5, 5.41) is 5.83. The van der Waals surface area contributed by atoms with Gasteiger partial charge >= 0.3 is 0 Å². The molecular weight excluding hydrogens is 318 g/mol. The van der Waals surface area contributed by atoms with Crippen LogP contribution in [0.4, 0.5) is 0 Å². The maximum Gasteiger partial charge on any atom is 0.270 e. The highest BCUT2D eigenvalue weighted by Gasteiger charge is 2.53. The normalized spacial score (nSPS) is 29.2. The van der Waals surface area contributed by atoms with Crippen molar-refractivity contribution < 1.29 is 4.79 Å². The van der Waals surface area contributed by atoms with Gasteiger partial charge in [-0.15, -0.1) is 11.3 Å². The second kappa shape index (κ2) is 6.75. The molecule has 4 unspecified atom stereocenters. The molecule has 1 aromatic heterocycles. The molecule has 4 nitrogen and oxygen atoms in total. The second-order valence-corrected chi connectivity index (χ2v) is 9.60. The first kappa shape index (κ1) is 17.9. The van der Waals surface area contributed by atoms with Gasteiger partial charge in [-0.3, -0.25) is 4.79 Å². The fourth-order valence-electron chi connectivity index (χ4n) is 4.69. The summed E-state index contributed by atoms with van der Waals surface area (Å²) in [4.78, 5) is 16.9. The lowest BCUT2D eigenvalue weighted by Crippen LogP contribution is -2.54. The zero-order valence-corrected chi connectivity index (χ0v) is 16.2. The van der Waals surface area contributed by atoms with Crippen molar-refractivity contribution in [1.29, 1.82) is 0 Å². The van der Waals surface area contributed by atoms with Crippen molar-refractivity contribution in [3.05, 3.63) is 16.1 Å². The maximum absolute atomic E-state index is 12.4. The van der Waals surface area contributed by atoms with E-state index in [1.165, 1.54) is 30.6 Å². The van der Waals surface area contributed by atoms with E-state index in [4.69, 9.17) is 5.73 Å². The van der Waals surface area contributed by atoms with E-state index in [1.54, 1.807) is 0 Å². The van der Waals surface area contributed by atoms with Gasteiger partial charge in [0.05, 0.1) is 6.04 Å². The standard InChI is InChI=1S/C19H31N3OS/c1-11(2)7-15(20)18-22-16(10-24-18)17(23)21-9-12-5-6-13-8-14(12)19(13,3)4/h10-15H,5-9,20H2,1-4H3,(H,21,23). The van der Waals surface area contributed by atoms with E-state index in [2.05, 4.69) is 38.0 Å². The van der Waals surface area contributed by atoms with Crippen LogP contribution in [-0.2, 0) is 0 Å². The number of rotatable bonds is 6. The molecule has 1 heterocycles. The number of nitrogens with zero attached hydrogens (tertiary/aromatic N) is 1. The van der Waals surface area contributed by atoms with E-state index in [1.807, 2.05) is 5.38 Å². The number of thiazole rings is 1. The fraction of sp³-hybridized carbons (Fsp3) is 0.789. The molecule has 3 aliphatic rings. The highest BCUT2D eigenvalue weighted by molar-refractivity contribution is 7.09. The van der Waals surface area contributed by atoms with E-state index in [-0.39, 0.29) is 11.9 Å². The number of amides is 1. The predicted octanol–water partition coefficient (Wildman–Crippen LogP) is 3.99. The van der Waals surface area contributed by atoms with Gasteiger partial charge in [0.2, 0.25) is 0 Å². The van der Waals surface area contributed by atoms with Crippen LogP contribution in [0.25, 0.3) is 0 Å². The third-order valence-electron chi connectivity index (χ3n) is 6.32. The summed E-state index contributed by atoms with van der Waals surface area (Å²) in [6, 6.07) is -0.0670. The van der Waals surface area contributed by atoms with Crippen LogP contribution in [0.2, 0.25) is 0 Å². The van der Waals surface area contributed by atoms with Gasteiger partial charge < -0.3 is 11.1 Å². The topological polar surface area (TPSA) is 68.0 Å². The molecule has 0 aromatic carbocycles. The Balaban J connectivity index is 1.53. The lowest BCUT2D eigenvalue weighted by atomic mass is 9.45. The molecule has 0 aliphatic heterocycles. The summed E-state index contributed by atoms with van der Waals surface area (Å²) < 4.78 is 0. The number of nitrogens with one attached hydrogen (secondary N) is 1. The Morgan fingerprint density at radius 3 is 2.83 bits per heavy atom. The van der Waals surface area contributed by atoms with Crippen molar-refractivity contribution in [2.24, 2.45) is 34.8 Å². The highest BCUT2D eigenvalue weighted by atomic mass is 32.1. The van der Waals surface area contributed by atoms with Gasteiger partial charge in [0.15, 0.2) is 0 Å². The molecule has 3 fully saturated rings. The highest BCUT2D eigenvalue weighted by Crippen LogP contribution is 2.61. The molecule has 0 spiro atoms. The van der Waals surface area contributed by atoms with Crippen LogP contribution in [0.15, 0.2) is 5.38 Å². The second-order valence-electron chi connectivity index (χ2n) is 8.71. The molecule has 3 aliphatic carbocycles. The quantitative estimate of drug-likeness (QED) is 0.816.